The molecule has 0 saturated heterocycles. The maximum Gasteiger partial charge on any atom is 0.0833 e. The van der Waals surface area contributed by atoms with Crippen LogP contribution in [0.15, 0.2) is 9.72 Å². The molecule has 0 fully saturated rings. The monoisotopic (exact) mass is 186 g/mol. The Labute approximate surface area is 74.2 Å². The second-order valence-corrected chi connectivity index (χ2v) is 4.81. The number of thioether (sulfide) groups is 1. The minimum atomic E-state index is 0.525. The molecular formula is C7H10N2S2. The first-order chi connectivity index (χ1) is 5.42. The third kappa shape index (κ3) is 1.30. The smallest absolute Gasteiger partial charge is 0.0833 e. The van der Waals surface area contributed by atoms with Crippen LogP contribution in [-0.2, 0) is 0 Å². The molecule has 1 aromatic rings. The summed E-state index contributed by atoms with van der Waals surface area (Å²) < 4.78 is 1.38. The van der Waals surface area contributed by atoms with Crippen molar-refractivity contribution in [2.75, 3.05) is 12.3 Å². The van der Waals surface area contributed by atoms with Crippen molar-refractivity contribution < 1.29 is 0 Å². The van der Waals surface area contributed by atoms with E-state index in [4.69, 9.17) is 5.73 Å². The second kappa shape index (κ2) is 3.13. The van der Waals surface area contributed by atoms with Gasteiger partial charge in [0, 0.05) is 12.5 Å². The van der Waals surface area contributed by atoms with Gasteiger partial charge in [-0.05, 0) is 12.2 Å². The van der Waals surface area contributed by atoms with E-state index in [1.165, 1.54) is 22.1 Å². The summed E-state index contributed by atoms with van der Waals surface area (Å²) in [5.74, 6) is 1.73. The van der Waals surface area contributed by atoms with Gasteiger partial charge in [-0.3, -0.25) is 0 Å². The van der Waals surface area contributed by atoms with E-state index >= 15 is 0 Å². The van der Waals surface area contributed by atoms with Crippen LogP contribution in [0.1, 0.15) is 18.0 Å². The Morgan fingerprint density at radius 1 is 1.73 bits per heavy atom. The largest absolute Gasteiger partial charge is 0.330 e. The zero-order valence-corrected chi connectivity index (χ0v) is 7.75. The third-order valence-corrected chi connectivity index (χ3v) is 4.12. The van der Waals surface area contributed by atoms with Crippen LogP contribution in [0, 0.1) is 0 Å². The molecule has 1 unspecified atom stereocenters. The third-order valence-electron chi connectivity index (χ3n) is 1.93. The average Bonchev–Trinajstić information content (AvgIpc) is 2.50. The lowest BCUT2D eigenvalue weighted by atomic mass is 10.0. The summed E-state index contributed by atoms with van der Waals surface area (Å²) in [6.45, 7) is 0.747. The molecule has 0 radical (unpaired) electrons. The van der Waals surface area contributed by atoms with Crippen LogP contribution in [0.25, 0.3) is 0 Å². The first kappa shape index (κ1) is 7.58. The van der Waals surface area contributed by atoms with Gasteiger partial charge in [-0.25, -0.2) is 4.98 Å². The van der Waals surface area contributed by atoms with Crippen molar-refractivity contribution in [3.05, 3.63) is 11.2 Å². The molecule has 0 aliphatic carbocycles. The van der Waals surface area contributed by atoms with Gasteiger partial charge in [-0.2, -0.15) is 0 Å². The molecule has 0 spiro atoms. The van der Waals surface area contributed by atoms with Crippen LogP contribution in [0.4, 0.5) is 0 Å². The van der Waals surface area contributed by atoms with E-state index in [-0.39, 0.29) is 0 Å². The Balaban J connectivity index is 2.32. The zero-order valence-electron chi connectivity index (χ0n) is 6.12. The van der Waals surface area contributed by atoms with Crippen molar-refractivity contribution in [3.8, 4) is 0 Å². The molecule has 11 heavy (non-hydrogen) atoms. The van der Waals surface area contributed by atoms with Gasteiger partial charge in [0.2, 0.25) is 0 Å². The lowest BCUT2D eigenvalue weighted by Crippen LogP contribution is -2.16. The fourth-order valence-electron chi connectivity index (χ4n) is 1.28. The number of fused-ring (bicyclic) bond motifs is 1. The highest BCUT2D eigenvalue weighted by Crippen LogP contribution is 2.38. The summed E-state index contributed by atoms with van der Waals surface area (Å²) in [4.78, 5) is 4.33. The SMILES string of the molecule is NCC1CCSc2scnc21. The van der Waals surface area contributed by atoms with Crippen LogP contribution in [-0.4, -0.2) is 17.3 Å². The summed E-state index contributed by atoms with van der Waals surface area (Å²) >= 11 is 3.66. The van der Waals surface area contributed by atoms with Gasteiger partial charge in [-0.1, -0.05) is 0 Å². The molecule has 2 nitrogen and oxygen atoms in total. The van der Waals surface area contributed by atoms with Crippen LogP contribution < -0.4 is 5.73 Å². The van der Waals surface area contributed by atoms with Crippen molar-refractivity contribution in [1.82, 2.24) is 4.98 Å². The quantitative estimate of drug-likeness (QED) is 0.725. The van der Waals surface area contributed by atoms with E-state index in [1.54, 1.807) is 11.3 Å². The summed E-state index contributed by atoms with van der Waals surface area (Å²) in [7, 11) is 0. The number of nitrogens with two attached hydrogens (primary N) is 1. The average molecular weight is 186 g/mol. The summed E-state index contributed by atoms with van der Waals surface area (Å²) in [6.07, 6.45) is 1.19. The van der Waals surface area contributed by atoms with E-state index < -0.39 is 0 Å². The first-order valence-corrected chi connectivity index (χ1v) is 5.54. The van der Waals surface area contributed by atoms with Crippen molar-refractivity contribution in [2.24, 2.45) is 5.73 Å². The topological polar surface area (TPSA) is 38.9 Å². The molecular weight excluding hydrogens is 176 g/mol. The molecule has 1 atom stereocenters. The number of thiazole rings is 1. The van der Waals surface area contributed by atoms with E-state index in [0.29, 0.717) is 5.92 Å². The van der Waals surface area contributed by atoms with Gasteiger partial charge in [0.15, 0.2) is 0 Å². The molecule has 0 bridgehead atoms. The number of hydrogen-bond donors (Lipinski definition) is 1. The fraction of sp³-hybridized carbons (Fsp3) is 0.571. The van der Waals surface area contributed by atoms with Crippen molar-refractivity contribution >= 4 is 23.1 Å². The standard InChI is InChI=1S/C7H10N2S2/c8-3-5-1-2-10-7-6(5)9-4-11-7/h4-5H,1-3,8H2. The molecule has 2 N–H and O–H groups in total. The molecule has 0 saturated carbocycles. The van der Waals surface area contributed by atoms with E-state index in [1.807, 2.05) is 17.3 Å². The van der Waals surface area contributed by atoms with Gasteiger partial charge >= 0.3 is 0 Å². The number of hydrogen-bond acceptors (Lipinski definition) is 4. The Kier molecular flexibility index (Phi) is 2.16. The van der Waals surface area contributed by atoms with E-state index in [2.05, 4.69) is 4.98 Å². The van der Waals surface area contributed by atoms with Crippen LogP contribution in [0.2, 0.25) is 0 Å². The number of rotatable bonds is 1. The highest BCUT2D eigenvalue weighted by Gasteiger charge is 2.21. The minimum Gasteiger partial charge on any atom is -0.330 e. The van der Waals surface area contributed by atoms with Crippen molar-refractivity contribution in [1.29, 1.82) is 0 Å². The molecule has 0 amide bonds. The molecule has 2 heterocycles. The normalized spacial score (nSPS) is 23.2. The first-order valence-electron chi connectivity index (χ1n) is 3.68. The number of nitrogens with zero attached hydrogens (tertiary/aromatic N) is 1. The molecule has 1 aliphatic rings. The predicted octanol–water partition coefficient (Wildman–Crippen LogP) is 1.68. The van der Waals surface area contributed by atoms with Crippen LogP contribution >= 0.6 is 23.1 Å². The van der Waals surface area contributed by atoms with Gasteiger partial charge in [0.1, 0.15) is 0 Å². The molecule has 1 aliphatic heterocycles. The van der Waals surface area contributed by atoms with E-state index in [0.717, 1.165) is 6.54 Å². The lowest BCUT2D eigenvalue weighted by Gasteiger charge is -2.18. The maximum atomic E-state index is 5.63. The summed E-state index contributed by atoms with van der Waals surface area (Å²) in [5.41, 5.74) is 8.80. The van der Waals surface area contributed by atoms with Crippen molar-refractivity contribution in [2.45, 2.75) is 16.5 Å². The Bertz CT molecular complexity index is 246. The van der Waals surface area contributed by atoms with Crippen LogP contribution in [0.5, 0.6) is 0 Å². The molecule has 60 valence electrons. The van der Waals surface area contributed by atoms with Crippen molar-refractivity contribution in [3.63, 3.8) is 0 Å². The highest BCUT2D eigenvalue weighted by atomic mass is 32.2. The zero-order chi connectivity index (χ0) is 7.68. The predicted molar refractivity (Wildman–Crippen MR) is 49.3 cm³/mol. The molecule has 1 aromatic heterocycles. The lowest BCUT2D eigenvalue weighted by molar-refractivity contribution is 0.644. The highest BCUT2D eigenvalue weighted by molar-refractivity contribution is 8.01. The summed E-state index contributed by atoms with van der Waals surface area (Å²) in [5, 5.41) is 0. The minimum absolute atomic E-state index is 0.525. The fourth-order valence-corrected chi connectivity index (χ4v) is 3.49. The molecule has 4 heteroatoms. The Hall–Kier alpha value is -0.0600. The Morgan fingerprint density at radius 2 is 2.64 bits per heavy atom. The van der Waals surface area contributed by atoms with Gasteiger partial charge in [0.05, 0.1) is 15.4 Å². The van der Waals surface area contributed by atoms with Gasteiger partial charge < -0.3 is 5.73 Å². The van der Waals surface area contributed by atoms with Gasteiger partial charge in [-0.15, -0.1) is 23.1 Å². The second-order valence-electron chi connectivity index (χ2n) is 2.59. The molecule has 2 rings (SSSR count). The van der Waals surface area contributed by atoms with E-state index in [9.17, 15) is 0 Å². The Morgan fingerprint density at radius 3 is 3.45 bits per heavy atom. The maximum absolute atomic E-state index is 5.63. The van der Waals surface area contributed by atoms with Crippen LogP contribution in [0.3, 0.4) is 0 Å². The number of aromatic nitrogens is 1. The van der Waals surface area contributed by atoms with Gasteiger partial charge in [0.25, 0.3) is 0 Å². The summed E-state index contributed by atoms with van der Waals surface area (Å²) in [6, 6.07) is 0. The molecule has 0 aromatic carbocycles.